The Balaban J connectivity index is 1.13. The van der Waals surface area contributed by atoms with Crippen molar-refractivity contribution in [3.05, 3.63) is 181 Å². The Morgan fingerprint density at radius 2 is 0.818 bits per heavy atom. The number of hydrogen-bond acceptors (Lipinski definition) is 2. The second-order valence-corrected chi connectivity index (χ2v) is 14.7. The van der Waals surface area contributed by atoms with Crippen molar-refractivity contribution >= 4 is 97.3 Å². The molecular formula is C53H29NO. The summed E-state index contributed by atoms with van der Waals surface area (Å²) in [7, 11) is 0. The van der Waals surface area contributed by atoms with Crippen LogP contribution in [-0.4, -0.2) is 0 Å². The van der Waals surface area contributed by atoms with Crippen LogP contribution in [0.2, 0.25) is 0 Å². The number of benzene rings is 11. The topological polar surface area (TPSA) is 36.9 Å². The van der Waals surface area contributed by atoms with Crippen molar-refractivity contribution in [3.63, 3.8) is 0 Å². The zero-order chi connectivity index (χ0) is 36.2. The third-order valence-electron chi connectivity index (χ3n) is 11.8. The van der Waals surface area contributed by atoms with Crippen LogP contribution in [0.15, 0.2) is 180 Å². The van der Waals surface area contributed by atoms with Gasteiger partial charge in [0.25, 0.3) is 0 Å². The number of nitrogens with zero attached hydrogens (tertiary/aromatic N) is 1. The van der Waals surface area contributed by atoms with E-state index in [1.807, 2.05) is 12.1 Å². The quantitative estimate of drug-likeness (QED) is 0.169. The molecule has 0 fully saturated rings. The van der Waals surface area contributed by atoms with Gasteiger partial charge in [-0.3, -0.25) is 0 Å². The molecule has 0 bridgehead atoms. The fourth-order valence-corrected chi connectivity index (χ4v) is 9.31. The van der Waals surface area contributed by atoms with E-state index in [1.54, 1.807) is 0 Å². The molecule has 12 aromatic rings. The largest absolute Gasteiger partial charge is 0.456 e. The predicted octanol–water partition coefficient (Wildman–Crippen LogP) is 14.9. The van der Waals surface area contributed by atoms with Gasteiger partial charge >= 0.3 is 0 Å². The van der Waals surface area contributed by atoms with Gasteiger partial charge in [-0.05, 0) is 146 Å². The standard InChI is InChI=1S/C53H29NO/c54-30-31-17-19-33(20-18-31)43-26-46-39-14-6-4-12-37(39)44(27-47(46)38-13-5-3-11-36(38)43)34-21-23-42-45(25-34)40-15-7-8-16-41(40)48-28-50-52(29-49(42)48)55-51-24-22-32-9-1-2-10-35(32)53(50)51/h1-29H. The maximum Gasteiger partial charge on any atom is 0.136 e. The fourth-order valence-electron chi connectivity index (χ4n) is 9.31. The highest BCUT2D eigenvalue weighted by molar-refractivity contribution is 6.31. The summed E-state index contributed by atoms with van der Waals surface area (Å²) < 4.78 is 6.58. The molecule has 0 aliphatic rings. The van der Waals surface area contributed by atoms with Crippen molar-refractivity contribution in [2.75, 3.05) is 0 Å². The Morgan fingerprint density at radius 3 is 1.47 bits per heavy atom. The number of fused-ring (bicyclic) bond motifs is 16. The van der Waals surface area contributed by atoms with E-state index in [-0.39, 0.29) is 0 Å². The van der Waals surface area contributed by atoms with Gasteiger partial charge in [-0.2, -0.15) is 5.26 Å². The molecule has 2 nitrogen and oxygen atoms in total. The minimum atomic E-state index is 0.664. The van der Waals surface area contributed by atoms with Gasteiger partial charge in [0.05, 0.1) is 11.6 Å². The molecule has 55 heavy (non-hydrogen) atoms. The number of hydrogen-bond donors (Lipinski definition) is 0. The van der Waals surface area contributed by atoms with E-state index >= 15 is 0 Å². The minimum Gasteiger partial charge on any atom is -0.456 e. The van der Waals surface area contributed by atoms with Crippen molar-refractivity contribution in [2.45, 2.75) is 0 Å². The van der Waals surface area contributed by atoms with E-state index in [1.165, 1.54) is 97.5 Å². The number of rotatable bonds is 2. The molecule has 12 rings (SSSR count). The summed E-state index contributed by atoms with van der Waals surface area (Å²) in [6.07, 6.45) is 0. The van der Waals surface area contributed by atoms with Crippen LogP contribution in [0.3, 0.4) is 0 Å². The van der Waals surface area contributed by atoms with E-state index in [0.717, 1.165) is 22.1 Å². The van der Waals surface area contributed by atoms with Crippen LogP contribution < -0.4 is 0 Å². The highest BCUT2D eigenvalue weighted by Gasteiger charge is 2.18. The lowest BCUT2D eigenvalue weighted by atomic mass is 9.86. The van der Waals surface area contributed by atoms with E-state index < -0.39 is 0 Å². The minimum absolute atomic E-state index is 0.664. The van der Waals surface area contributed by atoms with Gasteiger partial charge in [0.15, 0.2) is 0 Å². The lowest BCUT2D eigenvalue weighted by Gasteiger charge is -2.17. The molecule has 1 aromatic heterocycles. The van der Waals surface area contributed by atoms with Crippen molar-refractivity contribution in [1.82, 2.24) is 0 Å². The first-order valence-corrected chi connectivity index (χ1v) is 18.7. The van der Waals surface area contributed by atoms with Crippen LogP contribution in [0.4, 0.5) is 0 Å². The molecule has 11 aromatic carbocycles. The molecule has 0 saturated heterocycles. The Kier molecular flexibility index (Phi) is 6.15. The molecule has 1 heterocycles. The van der Waals surface area contributed by atoms with E-state index in [4.69, 9.17) is 4.42 Å². The first-order chi connectivity index (χ1) is 27.2. The maximum absolute atomic E-state index is 9.45. The molecule has 0 radical (unpaired) electrons. The summed E-state index contributed by atoms with van der Waals surface area (Å²) in [6.45, 7) is 0. The summed E-state index contributed by atoms with van der Waals surface area (Å²) in [5.41, 5.74) is 7.16. The van der Waals surface area contributed by atoms with Crippen LogP contribution in [0.25, 0.3) is 120 Å². The summed E-state index contributed by atoms with van der Waals surface area (Å²) in [5, 5.41) is 28.9. The molecule has 0 N–H and O–H groups in total. The van der Waals surface area contributed by atoms with E-state index in [2.05, 4.69) is 170 Å². The molecule has 0 amide bonds. The molecule has 0 atom stereocenters. The second kappa shape index (κ2) is 11.3. The lowest BCUT2D eigenvalue weighted by molar-refractivity contribution is 0.670. The molecule has 0 aliphatic heterocycles. The Labute approximate surface area is 315 Å². The van der Waals surface area contributed by atoms with Gasteiger partial charge in [-0.15, -0.1) is 0 Å². The number of nitriles is 1. The maximum atomic E-state index is 9.45. The van der Waals surface area contributed by atoms with Crippen molar-refractivity contribution in [2.24, 2.45) is 0 Å². The Hall–Kier alpha value is -7.47. The fraction of sp³-hybridized carbons (Fsp3) is 0. The average molecular weight is 696 g/mol. The van der Waals surface area contributed by atoms with Crippen LogP contribution in [0, 0.1) is 11.3 Å². The normalized spacial score (nSPS) is 12.0. The van der Waals surface area contributed by atoms with Gasteiger partial charge < -0.3 is 4.42 Å². The van der Waals surface area contributed by atoms with E-state index in [9.17, 15) is 5.26 Å². The molecule has 0 saturated carbocycles. The summed E-state index contributed by atoms with van der Waals surface area (Å²) in [6, 6.07) is 65.7. The second-order valence-electron chi connectivity index (χ2n) is 14.7. The first kappa shape index (κ1) is 30.0. The van der Waals surface area contributed by atoms with Gasteiger partial charge in [-0.1, -0.05) is 127 Å². The molecular weight excluding hydrogens is 667 g/mol. The first-order valence-electron chi connectivity index (χ1n) is 18.7. The summed E-state index contributed by atoms with van der Waals surface area (Å²) in [4.78, 5) is 0. The predicted molar refractivity (Wildman–Crippen MR) is 232 cm³/mol. The molecule has 0 unspecified atom stereocenters. The van der Waals surface area contributed by atoms with Gasteiger partial charge in [-0.25, -0.2) is 0 Å². The van der Waals surface area contributed by atoms with Crippen LogP contribution in [0.5, 0.6) is 0 Å². The summed E-state index contributed by atoms with van der Waals surface area (Å²) in [5.74, 6) is 0. The lowest BCUT2D eigenvalue weighted by Crippen LogP contribution is -1.90. The zero-order valence-electron chi connectivity index (χ0n) is 29.6. The molecule has 252 valence electrons. The molecule has 2 heteroatoms. The highest BCUT2D eigenvalue weighted by Crippen LogP contribution is 2.45. The van der Waals surface area contributed by atoms with Crippen molar-refractivity contribution in [1.29, 1.82) is 5.26 Å². The van der Waals surface area contributed by atoms with E-state index in [0.29, 0.717) is 5.56 Å². The highest BCUT2D eigenvalue weighted by atomic mass is 16.3. The van der Waals surface area contributed by atoms with Gasteiger partial charge in [0, 0.05) is 10.8 Å². The van der Waals surface area contributed by atoms with Crippen LogP contribution in [0.1, 0.15) is 5.56 Å². The Bertz CT molecular complexity index is 3660. The molecule has 0 spiro atoms. The van der Waals surface area contributed by atoms with Crippen molar-refractivity contribution < 1.29 is 4.42 Å². The summed E-state index contributed by atoms with van der Waals surface area (Å²) >= 11 is 0. The average Bonchev–Trinajstić information content (AvgIpc) is 3.63. The SMILES string of the molecule is N#Cc1ccc(-c2cc3c4ccccc4c(-c4ccc5c(c4)c4ccccc4c4cc6c(cc54)oc4ccc5ccccc5c46)cc3c3ccccc23)cc1. The molecule has 0 aliphatic carbocycles. The number of furan rings is 1. The zero-order valence-corrected chi connectivity index (χ0v) is 29.6. The Morgan fingerprint density at radius 1 is 0.327 bits per heavy atom. The van der Waals surface area contributed by atoms with Crippen LogP contribution >= 0.6 is 0 Å². The smallest absolute Gasteiger partial charge is 0.136 e. The third-order valence-corrected chi connectivity index (χ3v) is 11.8. The van der Waals surface area contributed by atoms with Gasteiger partial charge in [0.1, 0.15) is 11.2 Å². The van der Waals surface area contributed by atoms with Gasteiger partial charge in [0.2, 0.25) is 0 Å². The third kappa shape index (κ3) is 4.30. The van der Waals surface area contributed by atoms with Crippen LogP contribution in [-0.2, 0) is 0 Å². The van der Waals surface area contributed by atoms with Crippen molar-refractivity contribution in [3.8, 4) is 28.3 Å². The monoisotopic (exact) mass is 695 g/mol.